The standard InChI is InChI=1S/C13H17ClN2O/c1-2-7-17-8-3-6-16-12-5-4-11(10-15)13(14)9-12/h4-5,9,16H,2-3,6-8H2,1H3. The van der Waals surface area contributed by atoms with Gasteiger partial charge in [-0.25, -0.2) is 0 Å². The van der Waals surface area contributed by atoms with Gasteiger partial charge >= 0.3 is 0 Å². The van der Waals surface area contributed by atoms with Crippen LogP contribution in [0.5, 0.6) is 0 Å². The molecule has 1 rings (SSSR count). The highest BCUT2D eigenvalue weighted by atomic mass is 35.5. The number of hydrogen-bond donors (Lipinski definition) is 1. The van der Waals surface area contributed by atoms with Gasteiger partial charge < -0.3 is 10.1 Å². The van der Waals surface area contributed by atoms with Gasteiger partial charge in [-0.05, 0) is 31.0 Å². The van der Waals surface area contributed by atoms with Crippen LogP contribution in [0.1, 0.15) is 25.3 Å². The van der Waals surface area contributed by atoms with Crippen LogP contribution in [-0.2, 0) is 4.74 Å². The zero-order valence-corrected chi connectivity index (χ0v) is 10.8. The predicted molar refractivity (Wildman–Crippen MR) is 70.4 cm³/mol. The summed E-state index contributed by atoms with van der Waals surface area (Å²) in [6, 6.07) is 7.38. The van der Waals surface area contributed by atoms with Crippen molar-refractivity contribution in [3.05, 3.63) is 28.8 Å². The van der Waals surface area contributed by atoms with Crippen molar-refractivity contribution in [1.82, 2.24) is 0 Å². The van der Waals surface area contributed by atoms with E-state index in [2.05, 4.69) is 12.2 Å². The molecule has 3 nitrogen and oxygen atoms in total. The van der Waals surface area contributed by atoms with Crippen molar-refractivity contribution in [3.8, 4) is 6.07 Å². The number of nitrogens with one attached hydrogen (secondary N) is 1. The Morgan fingerprint density at radius 3 is 2.88 bits per heavy atom. The molecule has 0 aliphatic rings. The van der Waals surface area contributed by atoms with Crippen molar-refractivity contribution >= 4 is 17.3 Å². The Kier molecular flexibility index (Phi) is 6.46. The molecular weight excluding hydrogens is 236 g/mol. The molecule has 1 N–H and O–H groups in total. The van der Waals surface area contributed by atoms with Gasteiger partial charge in [-0.1, -0.05) is 18.5 Å². The monoisotopic (exact) mass is 252 g/mol. The molecule has 0 fully saturated rings. The summed E-state index contributed by atoms with van der Waals surface area (Å²) < 4.78 is 5.37. The molecule has 17 heavy (non-hydrogen) atoms. The molecule has 4 heteroatoms. The fourth-order valence-corrected chi connectivity index (χ4v) is 1.59. The van der Waals surface area contributed by atoms with Crippen molar-refractivity contribution in [1.29, 1.82) is 5.26 Å². The topological polar surface area (TPSA) is 45.0 Å². The first-order chi connectivity index (χ1) is 8.27. The summed E-state index contributed by atoms with van der Waals surface area (Å²) in [7, 11) is 0. The van der Waals surface area contributed by atoms with Gasteiger partial charge in [-0.15, -0.1) is 0 Å². The molecule has 0 atom stereocenters. The van der Waals surface area contributed by atoms with Crippen molar-refractivity contribution in [3.63, 3.8) is 0 Å². The maximum Gasteiger partial charge on any atom is 0.101 e. The van der Waals surface area contributed by atoms with Gasteiger partial charge in [0.05, 0.1) is 10.6 Å². The van der Waals surface area contributed by atoms with Crippen LogP contribution in [0.3, 0.4) is 0 Å². The Morgan fingerprint density at radius 1 is 1.41 bits per heavy atom. The fraction of sp³-hybridized carbons (Fsp3) is 0.462. The summed E-state index contributed by atoms with van der Waals surface area (Å²) in [5.41, 5.74) is 1.44. The van der Waals surface area contributed by atoms with E-state index >= 15 is 0 Å². The third-order valence-corrected chi connectivity index (χ3v) is 2.55. The van der Waals surface area contributed by atoms with Gasteiger partial charge in [0.25, 0.3) is 0 Å². The Balaban J connectivity index is 2.28. The van der Waals surface area contributed by atoms with Gasteiger partial charge in [0, 0.05) is 25.4 Å². The van der Waals surface area contributed by atoms with E-state index in [1.165, 1.54) is 0 Å². The molecule has 0 aliphatic carbocycles. The fourth-order valence-electron chi connectivity index (χ4n) is 1.37. The van der Waals surface area contributed by atoms with E-state index in [9.17, 15) is 0 Å². The van der Waals surface area contributed by atoms with Crippen molar-refractivity contribution in [2.45, 2.75) is 19.8 Å². The number of benzene rings is 1. The zero-order chi connectivity index (χ0) is 12.5. The molecule has 92 valence electrons. The summed E-state index contributed by atoms with van der Waals surface area (Å²) in [5, 5.41) is 12.5. The minimum absolute atomic E-state index is 0.486. The third kappa shape index (κ3) is 5.08. The summed E-state index contributed by atoms with van der Waals surface area (Å²) in [6.45, 7) is 4.52. The summed E-state index contributed by atoms with van der Waals surface area (Å²) >= 11 is 5.92. The predicted octanol–water partition coefficient (Wildman–Crippen LogP) is 3.44. The highest BCUT2D eigenvalue weighted by Crippen LogP contribution is 2.19. The second-order valence-corrected chi connectivity index (χ2v) is 4.11. The first kappa shape index (κ1) is 13.8. The molecule has 0 aromatic heterocycles. The molecule has 0 saturated carbocycles. The second-order valence-electron chi connectivity index (χ2n) is 3.70. The molecule has 0 unspecified atom stereocenters. The van der Waals surface area contributed by atoms with Crippen LogP contribution in [0, 0.1) is 11.3 Å². The normalized spacial score (nSPS) is 9.94. The molecule has 1 aromatic rings. The number of nitriles is 1. The van der Waals surface area contributed by atoms with E-state index in [4.69, 9.17) is 21.6 Å². The van der Waals surface area contributed by atoms with E-state index in [1.807, 2.05) is 12.1 Å². The van der Waals surface area contributed by atoms with Crippen molar-refractivity contribution in [2.24, 2.45) is 0 Å². The Bertz CT molecular complexity index is 387. The number of nitrogens with zero attached hydrogens (tertiary/aromatic N) is 1. The zero-order valence-electron chi connectivity index (χ0n) is 10.0. The van der Waals surface area contributed by atoms with E-state index in [1.54, 1.807) is 12.1 Å². The molecule has 0 saturated heterocycles. The SMILES string of the molecule is CCCOCCCNc1ccc(C#N)c(Cl)c1. The lowest BCUT2D eigenvalue weighted by atomic mass is 10.2. The lowest BCUT2D eigenvalue weighted by Gasteiger charge is -2.07. The van der Waals surface area contributed by atoms with Gasteiger partial charge in [-0.2, -0.15) is 5.26 Å². The lowest BCUT2D eigenvalue weighted by molar-refractivity contribution is 0.134. The number of hydrogen-bond acceptors (Lipinski definition) is 3. The molecule has 0 amide bonds. The molecule has 0 bridgehead atoms. The minimum atomic E-state index is 0.486. The van der Waals surface area contributed by atoms with Crippen LogP contribution in [-0.4, -0.2) is 19.8 Å². The number of anilines is 1. The summed E-state index contributed by atoms with van der Waals surface area (Å²) in [6.07, 6.45) is 2.01. The lowest BCUT2D eigenvalue weighted by Crippen LogP contribution is -2.06. The quantitative estimate of drug-likeness (QED) is 0.756. The molecule has 0 heterocycles. The molecule has 0 aliphatic heterocycles. The molecule has 0 spiro atoms. The Morgan fingerprint density at radius 2 is 2.24 bits per heavy atom. The Hall–Kier alpha value is -1.24. The van der Waals surface area contributed by atoms with Gasteiger partial charge in [0.2, 0.25) is 0 Å². The highest BCUT2D eigenvalue weighted by molar-refractivity contribution is 6.32. The smallest absolute Gasteiger partial charge is 0.101 e. The summed E-state index contributed by atoms with van der Waals surface area (Å²) in [4.78, 5) is 0. The van der Waals surface area contributed by atoms with Gasteiger partial charge in [0.1, 0.15) is 6.07 Å². The largest absolute Gasteiger partial charge is 0.385 e. The third-order valence-electron chi connectivity index (χ3n) is 2.23. The van der Waals surface area contributed by atoms with Crippen molar-refractivity contribution < 1.29 is 4.74 Å². The number of ether oxygens (including phenoxy) is 1. The number of halogens is 1. The van der Waals surface area contributed by atoms with Crippen LogP contribution in [0.4, 0.5) is 5.69 Å². The maximum absolute atomic E-state index is 8.73. The van der Waals surface area contributed by atoms with Gasteiger partial charge in [-0.3, -0.25) is 0 Å². The molecular formula is C13H17ClN2O. The average Bonchev–Trinajstić information content (AvgIpc) is 2.34. The Labute approximate surface area is 107 Å². The van der Waals surface area contributed by atoms with E-state index in [0.717, 1.165) is 38.3 Å². The first-order valence-corrected chi connectivity index (χ1v) is 6.17. The van der Waals surface area contributed by atoms with Crippen LogP contribution in [0.2, 0.25) is 5.02 Å². The summed E-state index contributed by atoms with van der Waals surface area (Å²) in [5.74, 6) is 0. The van der Waals surface area contributed by atoms with Crippen LogP contribution >= 0.6 is 11.6 Å². The highest BCUT2D eigenvalue weighted by Gasteiger charge is 2.00. The van der Waals surface area contributed by atoms with Crippen LogP contribution in [0.15, 0.2) is 18.2 Å². The second kappa shape index (κ2) is 7.94. The van der Waals surface area contributed by atoms with Crippen LogP contribution < -0.4 is 5.32 Å². The van der Waals surface area contributed by atoms with Gasteiger partial charge in [0.15, 0.2) is 0 Å². The maximum atomic E-state index is 8.73. The van der Waals surface area contributed by atoms with Crippen molar-refractivity contribution in [2.75, 3.05) is 25.1 Å². The average molecular weight is 253 g/mol. The van der Waals surface area contributed by atoms with E-state index < -0.39 is 0 Å². The van der Waals surface area contributed by atoms with E-state index in [-0.39, 0.29) is 0 Å². The number of rotatable bonds is 7. The molecule has 1 aromatic carbocycles. The minimum Gasteiger partial charge on any atom is -0.385 e. The molecule has 0 radical (unpaired) electrons. The van der Waals surface area contributed by atoms with Crippen LogP contribution in [0.25, 0.3) is 0 Å². The first-order valence-electron chi connectivity index (χ1n) is 5.79. The van der Waals surface area contributed by atoms with E-state index in [0.29, 0.717) is 10.6 Å².